The van der Waals surface area contributed by atoms with Gasteiger partial charge in [-0.2, -0.15) is 10.2 Å². The summed E-state index contributed by atoms with van der Waals surface area (Å²) < 4.78 is 0. The largest absolute Gasteiger partial charge is 0.352 e. The van der Waals surface area contributed by atoms with Gasteiger partial charge in [0.15, 0.2) is 0 Å². The van der Waals surface area contributed by atoms with Gasteiger partial charge in [0.25, 0.3) is 5.91 Å². The second-order valence-electron chi connectivity index (χ2n) is 3.59. The molecule has 0 saturated heterocycles. The Hall–Kier alpha value is -1.97. The van der Waals surface area contributed by atoms with Gasteiger partial charge in [-0.1, -0.05) is 13.0 Å². The van der Waals surface area contributed by atoms with Crippen LogP contribution in [0.1, 0.15) is 23.7 Å². The zero-order valence-electron chi connectivity index (χ0n) is 9.10. The maximum absolute atomic E-state index is 11.7. The van der Waals surface area contributed by atoms with Crippen LogP contribution in [0.15, 0.2) is 30.6 Å². The summed E-state index contributed by atoms with van der Waals surface area (Å²) in [5.74, 6) is -0.0411. The summed E-state index contributed by atoms with van der Waals surface area (Å²) in [6.45, 7) is 2.72. The van der Waals surface area contributed by atoms with Crippen LogP contribution in [0.2, 0.25) is 0 Å². The lowest BCUT2D eigenvalue weighted by Gasteiger charge is -2.04. The molecule has 82 valence electrons. The van der Waals surface area contributed by atoms with Gasteiger partial charge in [0.1, 0.15) is 0 Å². The molecule has 1 heterocycles. The maximum Gasteiger partial charge on any atom is 0.251 e. The van der Waals surface area contributed by atoms with E-state index in [1.165, 1.54) is 0 Å². The van der Waals surface area contributed by atoms with Crippen LogP contribution in [0.25, 0.3) is 10.8 Å². The predicted octanol–water partition coefficient (Wildman–Crippen LogP) is 1.77. The number of benzene rings is 1. The van der Waals surface area contributed by atoms with Crippen molar-refractivity contribution >= 4 is 16.7 Å². The van der Waals surface area contributed by atoms with Gasteiger partial charge < -0.3 is 5.32 Å². The van der Waals surface area contributed by atoms with Gasteiger partial charge in [-0.3, -0.25) is 4.79 Å². The van der Waals surface area contributed by atoms with Crippen molar-refractivity contribution in [1.29, 1.82) is 0 Å². The van der Waals surface area contributed by atoms with E-state index in [1.54, 1.807) is 18.5 Å². The lowest BCUT2D eigenvalue weighted by atomic mass is 10.1. The Morgan fingerprint density at radius 3 is 2.75 bits per heavy atom. The van der Waals surface area contributed by atoms with Crippen molar-refractivity contribution in [2.45, 2.75) is 13.3 Å². The van der Waals surface area contributed by atoms with E-state index in [4.69, 9.17) is 0 Å². The van der Waals surface area contributed by atoms with Crippen molar-refractivity contribution in [1.82, 2.24) is 15.5 Å². The Kier molecular flexibility index (Phi) is 3.10. The molecule has 1 N–H and O–H groups in total. The Morgan fingerprint density at radius 1 is 1.25 bits per heavy atom. The van der Waals surface area contributed by atoms with E-state index < -0.39 is 0 Å². The number of carbonyl (C=O) groups excluding carboxylic acids is 1. The Morgan fingerprint density at radius 2 is 2.00 bits per heavy atom. The summed E-state index contributed by atoms with van der Waals surface area (Å²) in [4.78, 5) is 11.7. The average molecular weight is 215 g/mol. The summed E-state index contributed by atoms with van der Waals surface area (Å²) in [7, 11) is 0. The second kappa shape index (κ2) is 4.70. The number of carbonyl (C=O) groups is 1. The minimum absolute atomic E-state index is 0.0411. The first-order valence-corrected chi connectivity index (χ1v) is 5.30. The number of nitrogens with zero attached hydrogens (tertiary/aromatic N) is 2. The minimum atomic E-state index is -0.0411. The molecule has 0 aliphatic heterocycles. The highest BCUT2D eigenvalue weighted by molar-refractivity contribution is 5.98. The zero-order chi connectivity index (χ0) is 11.4. The molecule has 0 aliphatic carbocycles. The van der Waals surface area contributed by atoms with E-state index in [9.17, 15) is 4.79 Å². The van der Waals surface area contributed by atoms with Crippen molar-refractivity contribution in [2.75, 3.05) is 6.54 Å². The van der Waals surface area contributed by atoms with Crippen LogP contribution >= 0.6 is 0 Å². The van der Waals surface area contributed by atoms with E-state index in [0.29, 0.717) is 12.1 Å². The van der Waals surface area contributed by atoms with Crippen molar-refractivity contribution in [3.8, 4) is 0 Å². The molecule has 2 rings (SSSR count). The third-order valence-corrected chi connectivity index (χ3v) is 2.34. The normalized spacial score (nSPS) is 10.3. The van der Waals surface area contributed by atoms with Gasteiger partial charge in [0, 0.05) is 22.9 Å². The summed E-state index contributed by atoms with van der Waals surface area (Å²) in [6.07, 6.45) is 4.28. The smallest absolute Gasteiger partial charge is 0.251 e. The molecule has 4 nitrogen and oxygen atoms in total. The summed E-state index contributed by atoms with van der Waals surface area (Å²) in [6, 6.07) is 5.51. The third kappa shape index (κ3) is 2.16. The SMILES string of the molecule is CCCNC(=O)c1ccc2cnncc2c1. The molecular formula is C12H13N3O. The Bertz CT molecular complexity index is 510. The first kappa shape index (κ1) is 10.5. The van der Waals surface area contributed by atoms with Gasteiger partial charge in [-0.05, 0) is 18.6 Å². The molecule has 0 saturated carbocycles. The lowest BCUT2D eigenvalue weighted by Crippen LogP contribution is -2.23. The third-order valence-electron chi connectivity index (χ3n) is 2.34. The molecule has 0 radical (unpaired) electrons. The predicted molar refractivity (Wildman–Crippen MR) is 62.2 cm³/mol. The van der Waals surface area contributed by atoms with Crippen molar-refractivity contribution in [3.05, 3.63) is 36.2 Å². The number of nitrogens with one attached hydrogen (secondary N) is 1. The van der Waals surface area contributed by atoms with E-state index in [0.717, 1.165) is 17.2 Å². The molecule has 0 atom stereocenters. The molecule has 0 aliphatic rings. The van der Waals surface area contributed by atoms with Gasteiger partial charge >= 0.3 is 0 Å². The molecule has 16 heavy (non-hydrogen) atoms. The molecule has 4 heteroatoms. The van der Waals surface area contributed by atoms with Gasteiger partial charge in [-0.15, -0.1) is 0 Å². The van der Waals surface area contributed by atoms with E-state index in [-0.39, 0.29) is 5.91 Å². The highest BCUT2D eigenvalue weighted by atomic mass is 16.1. The highest BCUT2D eigenvalue weighted by Gasteiger charge is 2.05. The number of hydrogen-bond donors (Lipinski definition) is 1. The molecule has 1 aromatic heterocycles. The van der Waals surface area contributed by atoms with E-state index >= 15 is 0 Å². The first-order valence-electron chi connectivity index (χ1n) is 5.30. The van der Waals surface area contributed by atoms with Gasteiger partial charge in [0.2, 0.25) is 0 Å². The number of aromatic nitrogens is 2. The lowest BCUT2D eigenvalue weighted by molar-refractivity contribution is 0.0954. The standard InChI is InChI=1S/C12H13N3O/c1-2-5-13-12(16)9-3-4-10-7-14-15-8-11(10)6-9/h3-4,6-8H,2,5H2,1H3,(H,13,16). The van der Waals surface area contributed by atoms with Crippen LogP contribution in [0.5, 0.6) is 0 Å². The number of fused-ring (bicyclic) bond motifs is 1. The monoisotopic (exact) mass is 215 g/mol. The van der Waals surface area contributed by atoms with Crippen LogP contribution in [0, 0.1) is 0 Å². The molecule has 0 unspecified atom stereocenters. The summed E-state index contributed by atoms with van der Waals surface area (Å²) in [5, 5.41) is 12.3. The number of hydrogen-bond acceptors (Lipinski definition) is 3. The van der Waals surface area contributed by atoms with Crippen molar-refractivity contribution in [2.24, 2.45) is 0 Å². The van der Waals surface area contributed by atoms with Crippen LogP contribution in [-0.4, -0.2) is 22.6 Å². The zero-order valence-corrected chi connectivity index (χ0v) is 9.10. The van der Waals surface area contributed by atoms with Crippen LogP contribution in [-0.2, 0) is 0 Å². The molecule has 1 aromatic carbocycles. The fourth-order valence-electron chi connectivity index (χ4n) is 1.48. The molecule has 0 bridgehead atoms. The van der Waals surface area contributed by atoms with Crippen LogP contribution in [0.3, 0.4) is 0 Å². The average Bonchev–Trinajstić information content (AvgIpc) is 2.35. The van der Waals surface area contributed by atoms with Crippen LogP contribution in [0.4, 0.5) is 0 Å². The van der Waals surface area contributed by atoms with Gasteiger partial charge in [0.05, 0.1) is 12.4 Å². The van der Waals surface area contributed by atoms with E-state index in [2.05, 4.69) is 15.5 Å². The second-order valence-corrected chi connectivity index (χ2v) is 3.59. The highest BCUT2D eigenvalue weighted by Crippen LogP contribution is 2.13. The number of rotatable bonds is 3. The number of amides is 1. The van der Waals surface area contributed by atoms with Crippen molar-refractivity contribution in [3.63, 3.8) is 0 Å². The molecule has 1 amide bonds. The molecule has 0 fully saturated rings. The van der Waals surface area contributed by atoms with Gasteiger partial charge in [-0.25, -0.2) is 0 Å². The van der Waals surface area contributed by atoms with Crippen LogP contribution < -0.4 is 5.32 Å². The quantitative estimate of drug-likeness (QED) is 0.848. The summed E-state index contributed by atoms with van der Waals surface area (Å²) in [5.41, 5.74) is 0.661. The Balaban J connectivity index is 2.28. The Labute approximate surface area is 93.7 Å². The van der Waals surface area contributed by atoms with E-state index in [1.807, 2.05) is 19.1 Å². The topological polar surface area (TPSA) is 54.9 Å². The minimum Gasteiger partial charge on any atom is -0.352 e. The maximum atomic E-state index is 11.7. The van der Waals surface area contributed by atoms with Crippen molar-refractivity contribution < 1.29 is 4.79 Å². The fourth-order valence-corrected chi connectivity index (χ4v) is 1.48. The molecule has 0 spiro atoms. The summed E-state index contributed by atoms with van der Waals surface area (Å²) >= 11 is 0. The fraction of sp³-hybridized carbons (Fsp3) is 0.250. The first-order chi connectivity index (χ1) is 7.81. The molecule has 2 aromatic rings. The molecular weight excluding hydrogens is 202 g/mol.